The van der Waals surface area contributed by atoms with Gasteiger partial charge in [-0.1, -0.05) is 20.8 Å². The lowest BCUT2D eigenvalue weighted by Crippen LogP contribution is -2.13. The van der Waals surface area contributed by atoms with Gasteiger partial charge in [0, 0.05) is 15.7 Å². The van der Waals surface area contributed by atoms with Gasteiger partial charge >= 0.3 is 6.18 Å². The number of aromatic nitrogens is 2. The van der Waals surface area contributed by atoms with Gasteiger partial charge in [-0.05, 0) is 6.07 Å². The van der Waals surface area contributed by atoms with Crippen molar-refractivity contribution in [2.24, 2.45) is 0 Å². The van der Waals surface area contributed by atoms with Crippen LogP contribution in [-0.4, -0.2) is 16.1 Å². The van der Waals surface area contributed by atoms with Crippen molar-refractivity contribution in [3.05, 3.63) is 23.0 Å². The minimum atomic E-state index is -4.18. The van der Waals surface area contributed by atoms with Crippen molar-refractivity contribution < 1.29 is 13.2 Å². The molecule has 0 aliphatic carbocycles. The summed E-state index contributed by atoms with van der Waals surface area (Å²) in [4.78, 5) is 9.15. The molecule has 0 aliphatic rings. The Morgan fingerprint density at radius 1 is 1.17 bits per heavy atom. The minimum absolute atomic E-state index is 0.211. The third-order valence-corrected chi connectivity index (χ3v) is 3.51. The molecule has 2 aromatic heterocycles. The lowest BCUT2D eigenvalue weighted by molar-refractivity contribution is -0.126. The van der Waals surface area contributed by atoms with E-state index in [1.807, 2.05) is 20.8 Å². The Morgan fingerprint density at radius 3 is 2.39 bits per heavy atom. The van der Waals surface area contributed by atoms with E-state index in [2.05, 4.69) is 9.97 Å². The molecule has 0 bridgehead atoms. The fourth-order valence-corrected chi connectivity index (χ4v) is 2.81. The topological polar surface area (TPSA) is 25.8 Å². The van der Waals surface area contributed by atoms with Crippen LogP contribution in [0.2, 0.25) is 0 Å². The van der Waals surface area contributed by atoms with Gasteiger partial charge in [-0.15, -0.1) is 11.3 Å². The van der Waals surface area contributed by atoms with Gasteiger partial charge < -0.3 is 0 Å². The zero-order valence-electron chi connectivity index (χ0n) is 10.3. The van der Waals surface area contributed by atoms with Crippen LogP contribution in [0, 0.1) is 0 Å². The van der Waals surface area contributed by atoms with E-state index in [0.717, 1.165) is 22.4 Å². The standard InChI is InChI=1S/C12H13F3N2S/c1-11(2,3)9-8-4-7(5-12(13,14)15)18-10(8)17-6-16-9/h4,6H,5H2,1-3H3. The van der Waals surface area contributed by atoms with Gasteiger partial charge in [0.1, 0.15) is 11.2 Å². The van der Waals surface area contributed by atoms with Crippen molar-refractivity contribution in [3.63, 3.8) is 0 Å². The summed E-state index contributed by atoms with van der Waals surface area (Å²) in [6.07, 6.45) is -3.68. The highest BCUT2D eigenvalue weighted by Crippen LogP contribution is 2.34. The van der Waals surface area contributed by atoms with Crippen LogP contribution in [0.25, 0.3) is 10.2 Å². The summed E-state index contributed by atoms with van der Waals surface area (Å²) >= 11 is 1.08. The molecule has 0 aromatic carbocycles. The number of hydrogen-bond donors (Lipinski definition) is 0. The number of rotatable bonds is 1. The second-order valence-corrected chi connectivity index (χ2v) is 6.31. The maximum Gasteiger partial charge on any atom is 0.393 e. The van der Waals surface area contributed by atoms with Crippen LogP contribution in [0.5, 0.6) is 0 Å². The number of hydrogen-bond acceptors (Lipinski definition) is 3. The molecule has 0 N–H and O–H groups in total. The second-order valence-electron chi connectivity index (χ2n) is 5.20. The number of thiophene rings is 1. The molecule has 0 spiro atoms. The van der Waals surface area contributed by atoms with Gasteiger partial charge in [0.25, 0.3) is 0 Å². The van der Waals surface area contributed by atoms with Crippen LogP contribution in [0.3, 0.4) is 0 Å². The first-order valence-corrected chi connectivity index (χ1v) is 6.29. The Bertz CT molecular complexity index is 567. The van der Waals surface area contributed by atoms with Crippen molar-refractivity contribution in [2.45, 2.75) is 38.8 Å². The van der Waals surface area contributed by atoms with Gasteiger partial charge in [0.2, 0.25) is 0 Å². The Balaban J connectivity index is 2.52. The molecule has 18 heavy (non-hydrogen) atoms. The number of nitrogens with zero attached hydrogens (tertiary/aromatic N) is 2. The van der Waals surface area contributed by atoms with Crippen LogP contribution in [0.1, 0.15) is 31.3 Å². The number of fused-ring (bicyclic) bond motifs is 1. The molecule has 6 heteroatoms. The van der Waals surface area contributed by atoms with E-state index in [4.69, 9.17) is 0 Å². The Labute approximate surface area is 107 Å². The third kappa shape index (κ3) is 2.80. The van der Waals surface area contributed by atoms with Crippen molar-refractivity contribution in [2.75, 3.05) is 0 Å². The molecule has 2 heterocycles. The van der Waals surface area contributed by atoms with E-state index in [1.165, 1.54) is 6.33 Å². The SMILES string of the molecule is CC(C)(C)c1ncnc2sc(CC(F)(F)F)cc12. The zero-order valence-corrected chi connectivity index (χ0v) is 11.1. The fourth-order valence-electron chi connectivity index (χ4n) is 1.79. The number of alkyl halides is 3. The van der Waals surface area contributed by atoms with E-state index in [9.17, 15) is 13.2 Å². The molecule has 2 rings (SSSR count). The lowest BCUT2D eigenvalue weighted by Gasteiger charge is -2.17. The van der Waals surface area contributed by atoms with E-state index >= 15 is 0 Å². The summed E-state index contributed by atoms with van der Waals surface area (Å²) in [5.74, 6) is 0. The molecule has 0 saturated heterocycles. The molecule has 0 aliphatic heterocycles. The molecule has 0 amide bonds. The lowest BCUT2D eigenvalue weighted by atomic mass is 9.90. The summed E-state index contributed by atoms with van der Waals surface area (Å²) in [6, 6.07) is 1.56. The molecule has 98 valence electrons. The molecule has 0 saturated carbocycles. The summed E-state index contributed by atoms with van der Waals surface area (Å²) in [6.45, 7) is 5.95. The first-order valence-electron chi connectivity index (χ1n) is 5.47. The number of halogens is 3. The van der Waals surface area contributed by atoms with Crippen molar-refractivity contribution in [1.29, 1.82) is 0 Å². The smallest absolute Gasteiger partial charge is 0.240 e. The molecular weight excluding hydrogens is 261 g/mol. The molecular formula is C12H13F3N2S. The first-order chi connectivity index (χ1) is 8.17. The highest BCUT2D eigenvalue weighted by Gasteiger charge is 2.29. The van der Waals surface area contributed by atoms with Crippen LogP contribution in [-0.2, 0) is 11.8 Å². The summed E-state index contributed by atoms with van der Waals surface area (Å²) in [5, 5.41) is 0.731. The quantitative estimate of drug-likeness (QED) is 0.782. The van der Waals surface area contributed by atoms with Crippen molar-refractivity contribution in [3.8, 4) is 0 Å². The molecule has 0 radical (unpaired) electrons. The average Bonchev–Trinajstić information content (AvgIpc) is 2.53. The molecule has 2 aromatic rings. The Kier molecular flexibility index (Phi) is 3.09. The maximum atomic E-state index is 12.4. The highest BCUT2D eigenvalue weighted by atomic mass is 32.1. The van der Waals surface area contributed by atoms with Gasteiger partial charge in [-0.25, -0.2) is 9.97 Å². The molecule has 0 atom stereocenters. The van der Waals surface area contributed by atoms with Crippen LogP contribution in [0.4, 0.5) is 13.2 Å². The Hall–Kier alpha value is -1.17. The molecule has 0 fully saturated rings. The fraction of sp³-hybridized carbons (Fsp3) is 0.500. The van der Waals surface area contributed by atoms with E-state index in [-0.39, 0.29) is 10.3 Å². The monoisotopic (exact) mass is 274 g/mol. The van der Waals surface area contributed by atoms with E-state index in [0.29, 0.717) is 4.83 Å². The Morgan fingerprint density at radius 2 is 1.83 bits per heavy atom. The van der Waals surface area contributed by atoms with E-state index in [1.54, 1.807) is 6.07 Å². The van der Waals surface area contributed by atoms with Crippen LogP contribution >= 0.6 is 11.3 Å². The van der Waals surface area contributed by atoms with Gasteiger partial charge in [-0.3, -0.25) is 0 Å². The normalized spacial score (nSPS) is 13.2. The first kappa shape index (κ1) is 13.3. The second kappa shape index (κ2) is 4.19. The summed E-state index contributed by atoms with van der Waals surface area (Å²) in [5.41, 5.74) is 0.579. The highest BCUT2D eigenvalue weighted by molar-refractivity contribution is 7.18. The average molecular weight is 274 g/mol. The van der Waals surface area contributed by atoms with Gasteiger partial charge in [0.05, 0.1) is 12.1 Å². The van der Waals surface area contributed by atoms with Gasteiger partial charge in [0.15, 0.2) is 0 Å². The van der Waals surface area contributed by atoms with Crippen LogP contribution < -0.4 is 0 Å². The molecule has 2 nitrogen and oxygen atoms in total. The van der Waals surface area contributed by atoms with E-state index < -0.39 is 12.6 Å². The van der Waals surface area contributed by atoms with Gasteiger partial charge in [-0.2, -0.15) is 13.2 Å². The third-order valence-electron chi connectivity index (χ3n) is 2.47. The van der Waals surface area contributed by atoms with Crippen molar-refractivity contribution in [1.82, 2.24) is 9.97 Å². The molecule has 0 unspecified atom stereocenters. The van der Waals surface area contributed by atoms with Crippen LogP contribution in [0.15, 0.2) is 12.4 Å². The minimum Gasteiger partial charge on any atom is -0.240 e. The summed E-state index contributed by atoms with van der Waals surface area (Å²) in [7, 11) is 0. The van der Waals surface area contributed by atoms with Crippen molar-refractivity contribution >= 4 is 21.6 Å². The largest absolute Gasteiger partial charge is 0.393 e. The zero-order chi connectivity index (χ0) is 13.6. The predicted octanol–water partition coefficient (Wildman–Crippen LogP) is 4.09. The maximum absolute atomic E-state index is 12.4. The summed E-state index contributed by atoms with van der Waals surface area (Å²) < 4.78 is 37.1. The predicted molar refractivity (Wildman–Crippen MR) is 65.9 cm³/mol.